The van der Waals surface area contributed by atoms with Crippen LogP contribution in [0.5, 0.6) is 0 Å². The van der Waals surface area contributed by atoms with E-state index in [4.69, 9.17) is 22.4 Å². The number of rotatable bonds is 3. The first-order valence-corrected chi connectivity index (χ1v) is 5.57. The lowest BCUT2D eigenvalue weighted by molar-refractivity contribution is 0.453. The van der Waals surface area contributed by atoms with E-state index in [-0.39, 0.29) is 0 Å². The van der Waals surface area contributed by atoms with Gasteiger partial charge in [0, 0.05) is 10.7 Å². The van der Waals surface area contributed by atoms with E-state index in [1.54, 1.807) is 6.26 Å². The van der Waals surface area contributed by atoms with Crippen molar-refractivity contribution in [3.8, 4) is 12.3 Å². The lowest BCUT2D eigenvalue weighted by Crippen LogP contribution is -2.29. The summed E-state index contributed by atoms with van der Waals surface area (Å²) in [6.07, 6.45) is 7.18. The first-order valence-electron chi connectivity index (χ1n) is 5.19. The fraction of sp³-hybridized carbons (Fsp3) is 0.143. The summed E-state index contributed by atoms with van der Waals surface area (Å²) in [6, 6.07) is 11.0. The smallest absolute Gasteiger partial charge is 0.154 e. The first kappa shape index (κ1) is 11.6. The van der Waals surface area contributed by atoms with Gasteiger partial charge < -0.3 is 9.73 Å². The van der Waals surface area contributed by atoms with E-state index >= 15 is 0 Å². The Balaban J connectivity index is 2.27. The Hall–Kier alpha value is -1.85. The molecule has 0 aliphatic rings. The monoisotopic (exact) mass is 245 g/mol. The number of hydrogen-bond acceptors (Lipinski definition) is 2. The first-order chi connectivity index (χ1) is 8.14. The van der Waals surface area contributed by atoms with E-state index < -0.39 is 5.54 Å². The van der Waals surface area contributed by atoms with Crippen molar-refractivity contribution in [2.75, 3.05) is 5.32 Å². The molecule has 0 aliphatic heterocycles. The van der Waals surface area contributed by atoms with Gasteiger partial charge in [-0.25, -0.2) is 0 Å². The number of furan rings is 1. The van der Waals surface area contributed by atoms with Crippen LogP contribution in [-0.2, 0) is 5.54 Å². The Kier molecular flexibility index (Phi) is 3.12. The minimum Gasteiger partial charge on any atom is -0.466 e. The van der Waals surface area contributed by atoms with Gasteiger partial charge in [-0.3, -0.25) is 0 Å². The molecule has 0 saturated carbocycles. The Bertz CT molecular complexity index is 524. The summed E-state index contributed by atoms with van der Waals surface area (Å²) in [7, 11) is 0. The van der Waals surface area contributed by atoms with Crippen LogP contribution in [0.25, 0.3) is 0 Å². The third-order valence-electron chi connectivity index (χ3n) is 2.54. The summed E-state index contributed by atoms with van der Waals surface area (Å²) >= 11 is 5.83. The highest BCUT2D eigenvalue weighted by atomic mass is 35.5. The zero-order valence-electron chi connectivity index (χ0n) is 9.41. The summed E-state index contributed by atoms with van der Waals surface area (Å²) < 4.78 is 5.35. The molecule has 1 atom stereocenters. The molecule has 86 valence electrons. The predicted octanol–water partition coefficient (Wildman–Crippen LogP) is 3.89. The number of anilines is 1. The molecule has 0 bridgehead atoms. The second-order valence-corrected chi connectivity index (χ2v) is 4.31. The minimum absolute atomic E-state index is 0.669. The average Bonchev–Trinajstić information content (AvgIpc) is 2.86. The summed E-state index contributed by atoms with van der Waals surface area (Å²) in [6.45, 7) is 1.89. The van der Waals surface area contributed by atoms with Crippen molar-refractivity contribution < 1.29 is 4.42 Å². The standard InChI is InChI=1S/C14H12ClNO/c1-3-14(2,13-5-4-10-17-13)16-12-8-6-11(15)7-9-12/h1,4-10,16H,2H3. The van der Waals surface area contributed by atoms with Gasteiger partial charge in [0.1, 0.15) is 5.76 Å². The van der Waals surface area contributed by atoms with Crippen molar-refractivity contribution in [3.63, 3.8) is 0 Å². The second-order valence-electron chi connectivity index (χ2n) is 3.88. The van der Waals surface area contributed by atoms with Crippen LogP contribution >= 0.6 is 11.6 Å². The highest BCUT2D eigenvalue weighted by Gasteiger charge is 2.26. The molecule has 0 saturated heterocycles. The summed E-state index contributed by atoms with van der Waals surface area (Å²) in [5, 5.41) is 3.94. The molecule has 0 fully saturated rings. The Morgan fingerprint density at radius 2 is 2.00 bits per heavy atom. The highest BCUT2D eigenvalue weighted by Crippen LogP contribution is 2.26. The molecule has 0 radical (unpaired) electrons. The van der Waals surface area contributed by atoms with Gasteiger partial charge in [0.2, 0.25) is 0 Å². The molecule has 2 nitrogen and oxygen atoms in total. The maximum atomic E-state index is 5.83. The highest BCUT2D eigenvalue weighted by molar-refractivity contribution is 6.30. The van der Waals surface area contributed by atoms with E-state index in [2.05, 4.69) is 11.2 Å². The van der Waals surface area contributed by atoms with E-state index in [0.717, 1.165) is 5.69 Å². The SMILES string of the molecule is C#CC(C)(Nc1ccc(Cl)cc1)c1ccco1. The fourth-order valence-corrected chi connectivity index (χ4v) is 1.68. The van der Waals surface area contributed by atoms with Gasteiger partial charge in [-0.1, -0.05) is 17.5 Å². The van der Waals surface area contributed by atoms with Crippen LogP contribution in [0.3, 0.4) is 0 Å². The maximum Gasteiger partial charge on any atom is 0.154 e. The zero-order chi connectivity index (χ0) is 12.3. The number of hydrogen-bond donors (Lipinski definition) is 1. The summed E-state index contributed by atoms with van der Waals surface area (Å²) in [5.74, 6) is 3.41. The molecule has 0 aliphatic carbocycles. The van der Waals surface area contributed by atoms with Crippen LogP contribution < -0.4 is 5.32 Å². The number of halogens is 1. The van der Waals surface area contributed by atoms with E-state index in [0.29, 0.717) is 10.8 Å². The van der Waals surface area contributed by atoms with Crippen molar-refractivity contribution in [3.05, 3.63) is 53.4 Å². The van der Waals surface area contributed by atoms with Crippen LogP contribution in [0.1, 0.15) is 12.7 Å². The fourth-order valence-electron chi connectivity index (χ4n) is 1.55. The molecule has 1 heterocycles. The third kappa shape index (κ3) is 2.46. The molecule has 17 heavy (non-hydrogen) atoms. The topological polar surface area (TPSA) is 25.2 Å². The molecule has 1 aromatic heterocycles. The third-order valence-corrected chi connectivity index (χ3v) is 2.79. The van der Waals surface area contributed by atoms with Gasteiger partial charge in [-0.15, -0.1) is 6.42 Å². The maximum absolute atomic E-state index is 5.83. The Morgan fingerprint density at radius 3 is 2.53 bits per heavy atom. The van der Waals surface area contributed by atoms with E-state index in [9.17, 15) is 0 Å². The second kappa shape index (κ2) is 4.57. The van der Waals surface area contributed by atoms with E-state index in [1.165, 1.54) is 0 Å². The molecular formula is C14H12ClNO. The van der Waals surface area contributed by atoms with Crippen molar-refractivity contribution in [1.82, 2.24) is 0 Å². The quantitative estimate of drug-likeness (QED) is 0.830. The molecule has 1 aromatic carbocycles. The number of nitrogens with one attached hydrogen (secondary N) is 1. The van der Waals surface area contributed by atoms with Crippen molar-refractivity contribution in [2.24, 2.45) is 0 Å². The van der Waals surface area contributed by atoms with Crippen LogP contribution in [0.4, 0.5) is 5.69 Å². The summed E-state index contributed by atoms with van der Waals surface area (Å²) in [4.78, 5) is 0. The van der Waals surface area contributed by atoms with Gasteiger partial charge in [-0.2, -0.15) is 0 Å². The average molecular weight is 246 g/mol. The molecule has 2 rings (SSSR count). The molecule has 0 amide bonds. The molecule has 0 spiro atoms. The van der Waals surface area contributed by atoms with Gasteiger partial charge in [0.25, 0.3) is 0 Å². The Labute approximate surface area is 106 Å². The molecule has 1 unspecified atom stereocenters. The molecular weight excluding hydrogens is 234 g/mol. The van der Waals surface area contributed by atoms with Crippen LogP contribution in [-0.4, -0.2) is 0 Å². The number of benzene rings is 1. The lowest BCUT2D eigenvalue weighted by Gasteiger charge is -2.24. The normalized spacial score (nSPS) is 13.7. The van der Waals surface area contributed by atoms with Crippen molar-refractivity contribution in [1.29, 1.82) is 0 Å². The van der Waals surface area contributed by atoms with E-state index in [1.807, 2.05) is 43.3 Å². The van der Waals surface area contributed by atoms with Crippen molar-refractivity contribution >= 4 is 17.3 Å². The predicted molar refractivity (Wildman–Crippen MR) is 70.0 cm³/mol. The largest absolute Gasteiger partial charge is 0.466 e. The lowest BCUT2D eigenvalue weighted by atomic mass is 10.00. The van der Waals surface area contributed by atoms with Gasteiger partial charge in [0.15, 0.2) is 5.54 Å². The van der Waals surface area contributed by atoms with Gasteiger partial charge in [0.05, 0.1) is 6.26 Å². The molecule has 2 aromatic rings. The Morgan fingerprint density at radius 1 is 1.29 bits per heavy atom. The van der Waals surface area contributed by atoms with Crippen molar-refractivity contribution in [2.45, 2.75) is 12.5 Å². The summed E-state index contributed by atoms with van der Waals surface area (Å²) in [5.41, 5.74) is 0.225. The van der Waals surface area contributed by atoms with Crippen LogP contribution in [0.15, 0.2) is 47.1 Å². The molecule has 3 heteroatoms. The van der Waals surface area contributed by atoms with Gasteiger partial charge in [-0.05, 0) is 43.3 Å². The zero-order valence-corrected chi connectivity index (χ0v) is 10.2. The van der Waals surface area contributed by atoms with Crippen LogP contribution in [0.2, 0.25) is 5.02 Å². The molecule has 1 N–H and O–H groups in total. The van der Waals surface area contributed by atoms with Gasteiger partial charge >= 0.3 is 0 Å². The minimum atomic E-state index is -0.669. The van der Waals surface area contributed by atoms with Crippen LogP contribution in [0, 0.1) is 12.3 Å². The number of terminal acetylenes is 1.